The van der Waals surface area contributed by atoms with Gasteiger partial charge >= 0.3 is 0 Å². The Balaban J connectivity index is 1.13. The van der Waals surface area contributed by atoms with Gasteiger partial charge in [0.1, 0.15) is 11.2 Å². The Morgan fingerprint density at radius 2 is 0.895 bits per heavy atom. The standard InChI is InChI=1S/C54H35NOS/c1-2-16-36(17-3-1)40-20-4-5-21-42(40)43-22-6-7-23-44(43)45-24-8-11-29-50(45)55(39-32-33-48-47-26-10-13-31-52(47)57-53(48)35-39)38-19-14-18-37(34-38)41-27-15-28-49-46-25-9-12-30-51(46)56-54(41)49/h1-35H. The fraction of sp³-hybridized carbons (Fsp3) is 0. The summed E-state index contributed by atoms with van der Waals surface area (Å²) in [7, 11) is 0. The number of hydrogen-bond donors (Lipinski definition) is 0. The van der Waals surface area contributed by atoms with Gasteiger partial charge in [0.15, 0.2) is 0 Å². The summed E-state index contributed by atoms with van der Waals surface area (Å²) < 4.78 is 9.10. The summed E-state index contributed by atoms with van der Waals surface area (Å²) in [6, 6.07) is 76.4. The largest absolute Gasteiger partial charge is 0.455 e. The topological polar surface area (TPSA) is 16.4 Å². The summed E-state index contributed by atoms with van der Waals surface area (Å²) in [4.78, 5) is 2.43. The molecule has 57 heavy (non-hydrogen) atoms. The lowest BCUT2D eigenvalue weighted by Crippen LogP contribution is -2.11. The normalized spacial score (nSPS) is 11.5. The molecule has 0 spiro atoms. The van der Waals surface area contributed by atoms with Gasteiger partial charge in [-0.1, -0.05) is 170 Å². The molecule has 0 saturated carbocycles. The van der Waals surface area contributed by atoms with Crippen LogP contribution in [0, 0.1) is 0 Å². The van der Waals surface area contributed by atoms with Gasteiger partial charge in [-0.25, -0.2) is 0 Å². The first-order valence-electron chi connectivity index (χ1n) is 19.3. The van der Waals surface area contributed by atoms with Crippen LogP contribution in [0.5, 0.6) is 0 Å². The number of rotatable bonds is 7. The van der Waals surface area contributed by atoms with E-state index in [0.29, 0.717) is 0 Å². The van der Waals surface area contributed by atoms with E-state index in [2.05, 4.69) is 211 Å². The highest BCUT2D eigenvalue weighted by atomic mass is 32.1. The minimum Gasteiger partial charge on any atom is -0.455 e. The van der Waals surface area contributed by atoms with Gasteiger partial charge in [-0.3, -0.25) is 0 Å². The summed E-state index contributed by atoms with van der Waals surface area (Å²) in [5.41, 5.74) is 14.4. The smallest absolute Gasteiger partial charge is 0.143 e. The zero-order valence-corrected chi connectivity index (χ0v) is 31.8. The molecule has 2 nitrogen and oxygen atoms in total. The van der Waals surface area contributed by atoms with Crippen LogP contribution in [-0.4, -0.2) is 0 Å². The minimum absolute atomic E-state index is 0.899. The van der Waals surface area contributed by atoms with Crippen molar-refractivity contribution in [2.24, 2.45) is 0 Å². The SMILES string of the molecule is c1ccc(-c2ccccc2-c2ccccc2-c2ccccc2N(c2cccc(-c3cccc4c3oc3ccccc34)c2)c2ccc3c(c2)sc2ccccc23)cc1. The number of para-hydroxylation sites is 3. The van der Waals surface area contributed by atoms with Crippen LogP contribution in [0.2, 0.25) is 0 Å². The summed E-state index contributed by atoms with van der Waals surface area (Å²) in [5.74, 6) is 0. The molecule has 2 aromatic heterocycles. The zero-order chi connectivity index (χ0) is 37.7. The molecule has 0 aliphatic heterocycles. The Bertz CT molecular complexity index is 3260. The van der Waals surface area contributed by atoms with E-state index in [1.54, 1.807) is 0 Å². The third kappa shape index (κ3) is 5.71. The molecular formula is C54H35NOS. The first kappa shape index (κ1) is 33.2. The second kappa shape index (κ2) is 13.8. The molecular weight excluding hydrogens is 711 g/mol. The van der Waals surface area contributed by atoms with Crippen LogP contribution in [-0.2, 0) is 0 Å². The number of benzene rings is 9. The molecule has 0 fully saturated rings. The Hall–Kier alpha value is -7.20. The van der Waals surface area contributed by atoms with E-state index in [1.165, 1.54) is 48.0 Å². The summed E-state index contributed by atoms with van der Waals surface area (Å²) in [6.07, 6.45) is 0. The molecule has 9 aromatic carbocycles. The first-order chi connectivity index (χ1) is 28.3. The molecule has 0 aliphatic rings. The number of hydrogen-bond acceptors (Lipinski definition) is 3. The zero-order valence-electron chi connectivity index (χ0n) is 31.0. The second-order valence-electron chi connectivity index (χ2n) is 14.4. The van der Waals surface area contributed by atoms with Crippen molar-refractivity contribution in [3.8, 4) is 44.5 Å². The van der Waals surface area contributed by atoms with Gasteiger partial charge in [0.2, 0.25) is 0 Å². The van der Waals surface area contributed by atoms with Crippen LogP contribution in [0.15, 0.2) is 217 Å². The maximum Gasteiger partial charge on any atom is 0.143 e. The van der Waals surface area contributed by atoms with E-state index in [4.69, 9.17) is 4.42 Å². The molecule has 0 amide bonds. The average Bonchev–Trinajstić information content (AvgIpc) is 3.85. The van der Waals surface area contributed by atoms with Crippen LogP contribution in [0.4, 0.5) is 17.1 Å². The quantitative estimate of drug-likeness (QED) is 0.162. The number of fused-ring (bicyclic) bond motifs is 6. The molecule has 0 radical (unpaired) electrons. The van der Waals surface area contributed by atoms with Crippen molar-refractivity contribution in [1.29, 1.82) is 0 Å². The number of anilines is 3. The van der Waals surface area contributed by atoms with E-state index < -0.39 is 0 Å². The predicted octanol–water partition coefficient (Wildman–Crippen LogP) is 16.1. The van der Waals surface area contributed by atoms with Gasteiger partial charge in [-0.05, 0) is 75.8 Å². The van der Waals surface area contributed by atoms with Crippen molar-refractivity contribution in [1.82, 2.24) is 0 Å². The highest BCUT2D eigenvalue weighted by molar-refractivity contribution is 7.25. The van der Waals surface area contributed by atoms with E-state index in [0.717, 1.165) is 55.7 Å². The third-order valence-electron chi connectivity index (χ3n) is 11.1. The van der Waals surface area contributed by atoms with E-state index in [9.17, 15) is 0 Å². The van der Waals surface area contributed by atoms with Crippen molar-refractivity contribution in [2.45, 2.75) is 0 Å². The summed E-state index contributed by atoms with van der Waals surface area (Å²) in [5, 5.41) is 4.83. The van der Waals surface area contributed by atoms with Crippen LogP contribution >= 0.6 is 11.3 Å². The lowest BCUT2D eigenvalue weighted by atomic mass is 9.88. The molecule has 268 valence electrons. The summed E-state index contributed by atoms with van der Waals surface area (Å²) in [6.45, 7) is 0. The Labute approximate surface area is 335 Å². The fourth-order valence-electron chi connectivity index (χ4n) is 8.50. The van der Waals surface area contributed by atoms with Crippen LogP contribution < -0.4 is 4.90 Å². The van der Waals surface area contributed by atoms with Gasteiger partial charge in [0.05, 0.1) is 5.69 Å². The van der Waals surface area contributed by atoms with Gasteiger partial charge in [0.25, 0.3) is 0 Å². The maximum absolute atomic E-state index is 6.55. The maximum atomic E-state index is 6.55. The molecule has 0 unspecified atom stereocenters. The van der Waals surface area contributed by atoms with Gasteiger partial charge in [-0.2, -0.15) is 0 Å². The first-order valence-corrected chi connectivity index (χ1v) is 20.2. The van der Waals surface area contributed by atoms with Crippen LogP contribution in [0.25, 0.3) is 86.6 Å². The summed E-state index contributed by atoms with van der Waals surface area (Å²) >= 11 is 1.85. The molecule has 2 heterocycles. The molecule has 0 saturated heterocycles. The van der Waals surface area contributed by atoms with E-state index in [1.807, 2.05) is 17.4 Å². The molecule has 11 rings (SSSR count). The Morgan fingerprint density at radius 3 is 1.74 bits per heavy atom. The molecule has 0 bridgehead atoms. The number of furan rings is 1. The predicted molar refractivity (Wildman–Crippen MR) is 243 cm³/mol. The molecule has 3 heteroatoms. The van der Waals surface area contributed by atoms with Crippen molar-refractivity contribution in [3.05, 3.63) is 212 Å². The molecule has 11 aromatic rings. The lowest BCUT2D eigenvalue weighted by molar-refractivity contribution is 0.670. The monoisotopic (exact) mass is 745 g/mol. The lowest BCUT2D eigenvalue weighted by Gasteiger charge is -2.29. The van der Waals surface area contributed by atoms with E-state index >= 15 is 0 Å². The second-order valence-corrected chi connectivity index (χ2v) is 15.5. The van der Waals surface area contributed by atoms with Gasteiger partial charge < -0.3 is 9.32 Å². The average molecular weight is 746 g/mol. The van der Waals surface area contributed by atoms with Gasteiger partial charge in [-0.15, -0.1) is 11.3 Å². The highest BCUT2D eigenvalue weighted by Gasteiger charge is 2.22. The molecule has 0 atom stereocenters. The van der Waals surface area contributed by atoms with Crippen molar-refractivity contribution < 1.29 is 4.42 Å². The third-order valence-corrected chi connectivity index (χ3v) is 12.2. The van der Waals surface area contributed by atoms with Crippen molar-refractivity contribution in [2.75, 3.05) is 4.90 Å². The van der Waals surface area contributed by atoms with Crippen molar-refractivity contribution in [3.63, 3.8) is 0 Å². The van der Waals surface area contributed by atoms with Crippen molar-refractivity contribution >= 4 is 70.5 Å². The molecule has 0 aliphatic carbocycles. The van der Waals surface area contributed by atoms with E-state index in [-0.39, 0.29) is 0 Å². The minimum atomic E-state index is 0.899. The number of thiophene rings is 1. The Kier molecular flexibility index (Phi) is 8.04. The highest BCUT2D eigenvalue weighted by Crippen LogP contribution is 2.47. The Morgan fingerprint density at radius 1 is 0.333 bits per heavy atom. The molecule has 0 N–H and O–H groups in total. The number of nitrogens with zero attached hydrogens (tertiary/aromatic N) is 1. The van der Waals surface area contributed by atoms with Crippen LogP contribution in [0.1, 0.15) is 0 Å². The van der Waals surface area contributed by atoms with Gasteiger partial charge in [0, 0.05) is 53.4 Å². The van der Waals surface area contributed by atoms with Crippen LogP contribution in [0.3, 0.4) is 0 Å². The fourth-order valence-corrected chi connectivity index (χ4v) is 9.64.